The van der Waals surface area contributed by atoms with Gasteiger partial charge in [-0.15, -0.1) is 0 Å². The molecule has 0 aliphatic carbocycles. The number of amides is 1. The lowest BCUT2D eigenvalue weighted by atomic mass is 10.2. The Morgan fingerprint density at radius 2 is 2.18 bits per heavy atom. The third kappa shape index (κ3) is 5.27. The van der Waals surface area contributed by atoms with Gasteiger partial charge in [0.05, 0.1) is 23.6 Å². The molecule has 1 aromatic carbocycles. The van der Waals surface area contributed by atoms with Crippen LogP contribution < -0.4 is 10.1 Å². The third-order valence-corrected chi connectivity index (χ3v) is 4.97. The van der Waals surface area contributed by atoms with E-state index in [1.165, 1.54) is 11.8 Å². The summed E-state index contributed by atoms with van der Waals surface area (Å²) in [5.41, 5.74) is 1.79. The van der Waals surface area contributed by atoms with Gasteiger partial charge in [0.1, 0.15) is 16.5 Å². The largest absolute Gasteiger partial charge is 0.491 e. The topological polar surface area (TPSA) is 77.2 Å². The number of thioether (sulfide) groups is 1. The summed E-state index contributed by atoms with van der Waals surface area (Å²) < 4.78 is 10.8. The van der Waals surface area contributed by atoms with E-state index in [4.69, 9.17) is 20.9 Å². The Hall–Kier alpha value is -2.51. The van der Waals surface area contributed by atoms with Crippen LogP contribution in [-0.2, 0) is 5.75 Å². The predicted molar refractivity (Wildman–Crippen MR) is 110 cm³/mol. The fourth-order valence-corrected chi connectivity index (χ4v) is 3.48. The highest BCUT2D eigenvalue weighted by molar-refractivity contribution is 7.98. The maximum absolute atomic E-state index is 12.9. The Morgan fingerprint density at radius 3 is 2.93 bits per heavy atom. The monoisotopic (exact) mass is 417 g/mol. The number of aryl methyl sites for hydroxylation is 1. The van der Waals surface area contributed by atoms with Crippen molar-refractivity contribution in [3.8, 4) is 5.75 Å². The average Bonchev–Trinajstić information content (AvgIpc) is 3.11. The molecule has 0 saturated heterocycles. The molecular formula is C20H20ClN3O3S. The van der Waals surface area contributed by atoms with Crippen molar-refractivity contribution in [2.75, 3.05) is 11.9 Å². The van der Waals surface area contributed by atoms with Crippen LogP contribution in [0.1, 0.15) is 35.2 Å². The molecule has 6 nitrogen and oxygen atoms in total. The predicted octanol–water partition coefficient (Wildman–Crippen LogP) is 5.36. The second kappa shape index (κ2) is 9.61. The lowest BCUT2D eigenvalue weighted by Crippen LogP contribution is -2.14. The summed E-state index contributed by atoms with van der Waals surface area (Å²) in [5.74, 6) is 1.60. The van der Waals surface area contributed by atoms with Crippen molar-refractivity contribution in [3.05, 3.63) is 64.6 Å². The number of nitrogens with one attached hydrogen (secondary N) is 1. The highest BCUT2D eigenvalue weighted by Gasteiger charge is 2.16. The summed E-state index contributed by atoms with van der Waals surface area (Å²) >= 11 is 7.51. The SMILES string of the molecule is CCCOc1ccc(Cl)cc1NC(=O)c1cccnc1SCc1cc(C)on1. The zero-order valence-corrected chi connectivity index (χ0v) is 17.1. The Balaban J connectivity index is 1.77. The lowest BCUT2D eigenvalue weighted by molar-refractivity contribution is 0.102. The molecule has 8 heteroatoms. The van der Waals surface area contributed by atoms with Crippen molar-refractivity contribution in [2.24, 2.45) is 0 Å². The van der Waals surface area contributed by atoms with Gasteiger partial charge in [-0.25, -0.2) is 4.98 Å². The van der Waals surface area contributed by atoms with Crippen molar-refractivity contribution in [1.29, 1.82) is 0 Å². The molecule has 1 amide bonds. The normalized spacial score (nSPS) is 10.7. The quantitative estimate of drug-likeness (QED) is 0.497. The molecule has 3 rings (SSSR count). The first-order valence-electron chi connectivity index (χ1n) is 8.80. The molecule has 0 unspecified atom stereocenters. The molecular weight excluding hydrogens is 398 g/mol. The summed E-state index contributed by atoms with van der Waals surface area (Å²) in [6.07, 6.45) is 2.52. The lowest BCUT2D eigenvalue weighted by Gasteiger charge is -2.13. The Bertz CT molecular complexity index is 961. The summed E-state index contributed by atoms with van der Waals surface area (Å²) in [7, 11) is 0. The minimum atomic E-state index is -0.282. The first-order valence-corrected chi connectivity index (χ1v) is 10.2. The molecule has 0 spiro atoms. The highest BCUT2D eigenvalue weighted by atomic mass is 35.5. The number of ether oxygens (including phenoxy) is 1. The number of carbonyl (C=O) groups excluding carboxylic acids is 1. The molecule has 0 aliphatic rings. The van der Waals surface area contributed by atoms with E-state index in [0.717, 1.165) is 17.9 Å². The highest BCUT2D eigenvalue weighted by Crippen LogP contribution is 2.30. The zero-order valence-electron chi connectivity index (χ0n) is 15.6. The summed E-state index contributed by atoms with van der Waals surface area (Å²) in [4.78, 5) is 17.2. The third-order valence-electron chi connectivity index (χ3n) is 3.70. The second-order valence-corrected chi connectivity index (χ2v) is 7.42. The van der Waals surface area contributed by atoms with E-state index in [2.05, 4.69) is 15.5 Å². The van der Waals surface area contributed by atoms with Crippen LogP contribution in [-0.4, -0.2) is 22.7 Å². The Labute approximate surface area is 172 Å². The molecule has 28 heavy (non-hydrogen) atoms. The van der Waals surface area contributed by atoms with Crippen LogP contribution in [0, 0.1) is 6.92 Å². The van der Waals surface area contributed by atoms with Crippen molar-refractivity contribution >= 4 is 35.0 Å². The molecule has 0 saturated carbocycles. The van der Waals surface area contributed by atoms with Crippen LogP contribution in [0.3, 0.4) is 0 Å². The van der Waals surface area contributed by atoms with Gasteiger partial charge >= 0.3 is 0 Å². The Morgan fingerprint density at radius 1 is 1.32 bits per heavy atom. The fraction of sp³-hybridized carbons (Fsp3) is 0.250. The van der Waals surface area contributed by atoms with Crippen molar-refractivity contribution in [2.45, 2.75) is 31.0 Å². The van der Waals surface area contributed by atoms with E-state index in [0.29, 0.717) is 39.4 Å². The average molecular weight is 418 g/mol. The number of pyridine rings is 1. The van der Waals surface area contributed by atoms with Crippen molar-refractivity contribution < 1.29 is 14.1 Å². The first-order chi connectivity index (χ1) is 13.6. The number of rotatable bonds is 8. The molecule has 1 N–H and O–H groups in total. The summed E-state index contributed by atoms with van der Waals surface area (Å²) in [6.45, 7) is 4.41. The van der Waals surface area contributed by atoms with Gasteiger partial charge in [-0.3, -0.25) is 4.79 Å². The maximum atomic E-state index is 12.9. The number of anilines is 1. The molecule has 0 bridgehead atoms. The van der Waals surface area contributed by atoms with E-state index in [1.54, 1.807) is 36.5 Å². The van der Waals surface area contributed by atoms with Gasteiger partial charge in [0.25, 0.3) is 5.91 Å². The molecule has 0 fully saturated rings. The van der Waals surface area contributed by atoms with Gasteiger partial charge in [0.2, 0.25) is 0 Å². The minimum absolute atomic E-state index is 0.282. The first kappa shape index (κ1) is 20.2. The maximum Gasteiger partial charge on any atom is 0.258 e. The fourth-order valence-electron chi connectivity index (χ4n) is 2.43. The molecule has 2 aromatic heterocycles. The summed E-state index contributed by atoms with van der Waals surface area (Å²) in [6, 6.07) is 10.5. The number of hydrogen-bond acceptors (Lipinski definition) is 6. The van der Waals surface area contributed by atoms with Crippen LogP contribution in [0.5, 0.6) is 5.75 Å². The smallest absolute Gasteiger partial charge is 0.258 e. The van der Waals surface area contributed by atoms with Crippen LogP contribution in [0.25, 0.3) is 0 Å². The standard InChI is InChI=1S/C20H20ClN3O3S/c1-3-9-26-18-7-6-14(21)11-17(18)23-19(25)16-5-4-8-22-20(16)28-12-15-10-13(2)27-24-15/h4-8,10-11H,3,9,12H2,1-2H3,(H,23,25). The number of nitrogens with zero attached hydrogens (tertiary/aromatic N) is 2. The van der Waals surface area contributed by atoms with Crippen LogP contribution >= 0.6 is 23.4 Å². The molecule has 2 heterocycles. The summed E-state index contributed by atoms with van der Waals surface area (Å²) in [5, 5.41) is 7.98. The number of carbonyl (C=O) groups is 1. The van der Waals surface area contributed by atoms with Gasteiger partial charge in [-0.2, -0.15) is 0 Å². The minimum Gasteiger partial charge on any atom is -0.491 e. The van der Waals surface area contributed by atoms with Crippen molar-refractivity contribution in [1.82, 2.24) is 10.1 Å². The second-order valence-electron chi connectivity index (χ2n) is 6.02. The number of benzene rings is 1. The van der Waals surface area contributed by atoms with E-state index in [1.807, 2.05) is 19.9 Å². The van der Waals surface area contributed by atoms with Crippen LogP contribution in [0.2, 0.25) is 5.02 Å². The number of aromatic nitrogens is 2. The van der Waals surface area contributed by atoms with Gasteiger partial charge in [0.15, 0.2) is 0 Å². The van der Waals surface area contributed by atoms with E-state index in [9.17, 15) is 4.79 Å². The molecule has 0 aliphatic heterocycles. The van der Waals surface area contributed by atoms with Gasteiger partial charge < -0.3 is 14.6 Å². The van der Waals surface area contributed by atoms with E-state index < -0.39 is 0 Å². The molecule has 146 valence electrons. The Kier molecular flexibility index (Phi) is 6.95. The van der Waals surface area contributed by atoms with Crippen LogP contribution in [0.4, 0.5) is 5.69 Å². The van der Waals surface area contributed by atoms with E-state index >= 15 is 0 Å². The zero-order chi connectivity index (χ0) is 19.9. The van der Waals surface area contributed by atoms with Crippen LogP contribution in [0.15, 0.2) is 52.1 Å². The molecule has 3 aromatic rings. The van der Waals surface area contributed by atoms with Gasteiger partial charge in [0, 0.05) is 23.0 Å². The number of halogens is 1. The molecule has 0 atom stereocenters. The van der Waals surface area contributed by atoms with Gasteiger partial charge in [-0.05, 0) is 43.7 Å². The van der Waals surface area contributed by atoms with Crippen molar-refractivity contribution in [3.63, 3.8) is 0 Å². The van der Waals surface area contributed by atoms with E-state index in [-0.39, 0.29) is 5.91 Å². The molecule has 0 radical (unpaired) electrons. The number of hydrogen-bond donors (Lipinski definition) is 1. The van der Waals surface area contributed by atoms with Gasteiger partial charge in [-0.1, -0.05) is 35.4 Å².